The molecule has 9 nitrogen and oxygen atoms in total. The minimum atomic E-state index is -1.15. The number of nitrogens with two attached hydrogens (primary N) is 1. The van der Waals surface area contributed by atoms with E-state index in [2.05, 4.69) is 16.4 Å². The van der Waals surface area contributed by atoms with E-state index in [0.717, 1.165) is 41.8 Å². The molecule has 43 heavy (non-hydrogen) atoms. The number of aromatic nitrogens is 1. The third kappa shape index (κ3) is 5.68. The number of pyridine rings is 1. The lowest BCUT2D eigenvalue weighted by molar-refractivity contribution is -0.150. The van der Waals surface area contributed by atoms with Crippen LogP contribution < -0.4 is 15.8 Å². The fourth-order valence-corrected chi connectivity index (χ4v) is 6.43. The number of hydrogen-bond acceptors (Lipinski definition) is 7. The van der Waals surface area contributed by atoms with E-state index in [4.69, 9.17) is 15.2 Å². The Kier molecular flexibility index (Phi) is 8.05. The number of nitrogens with zero attached hydrogens (tertiary/aromatic N) is 2. The van der Waals surface area contributed by atoms with Gasteiger partial charge in [0.25, 0.3) is 0 Å². The van der Waals surface area contributed by atoms with Gasteiger partial charge < -0.3 is 25.4 Å². The fourth-order valence-electron chi connectivity index (χ4n) is 6.43. The lowest BCUT2D eigenvalue weighted by Gasteiger charge is -2.28. The summed E-state index contributed by atoms with van der Waals surface area (Å²) in [5.74, 6) is -1.52. The van der Waals surface area contributed by atoms with Crippen LogP contribution in [0.3, 0.4) is 0 Å². The van der Waals surface area contributed by atoms with Crippen LogP contribution >= 0.6 is 0 Å². The van der Waals surface area contributed by atoms with Crippen molar-refractivity contribution in [1.82, 2.24) is 15.2 Å². The summed E-state index contributed by atoms with van der Waals surface area (Å²) < 4.78 is 25.9. The third-order valence-corrected chi connectivity index (χ3v) is 8.83. The zero-order chi connectivity index (χ0) is 30.1. The van der Waals surface area contributed by atoms with Crippen molar-refractivity contribution in [3.05, 3.63) is 60.4 Å². The molecule has 226 valence electrons. The molecule has 1 saturated heterocycles. The molecular weight excluding hydrogens is 551 g/mol. The number of carbonyl (C=O) groups is 3. The zero-order valence-corrected chi connectivity index (χ0v) is 24.3. The molecular formula is C33H37FN4O5. The Balaban J connectivity index is 1.31. The van der Waals surface area contributed by atoms with Crippen LogP contribution in [-0.4, -0.2) is 64.5 Å². The van der Waals surface area contributed by atoms with Gasteiger partial charge in [0.2, 0.25) is 17.7 Å². The molecule has 0 spiro atoms. The summed E-state index contributed by atoms with van der Waals surface area (Å²) >= 11 is 0. The van der Waals surface area contributed by atoms with E-state index in [1.165, 1.54) is 17.0 Å². The van der Waals surface area contributed by atoms with Gasteiger partial charge in [0.1, 0.15) is 23.5 Å². The van der Waals surface area contributed by atoms with Gasteiger partial charge >= 0.3 is 5.97 Å². The van der Waals surface area contributed by atoms with E-state index >= 15 is 0 Å². The standard InChI is InChI=1S/C33H37FN4O5/c1-2-42-32(41)33-18-20(33)10-6-4-3-5-7-13-26(35)31(40)38-19-22(17-28(38)29(39)37-33)43-30-25-12-9-8-11-23(25)24-15-14-21(34)16-27(24)36-30/h6,8-12,14-16,20,22,26,28H,2-5,7,13,17-19,35H2,1H3,(H,37,39)/t20-,22-,26+,28+,33-/m1/s1. The van der Waals surface area contributed by atoms with Crippen molar-refractivity contribution < 1.29 is 28.2 Å². The van der Waals surface area contributed by atoms with E-state index < -0.39 is 41.4 Å². The highest BCUT2D eigenvalue weighted by molar-refractivity contribution is 6.07. The average Bonchev–Trinajstić information content (AvgIpc) is 3.53. The van der Waals surface area contributed by atoms with Crippen molar-refractivity contribution in [2.24, 2.45) is 11.7 Å². The molecule has 3 N–H and O–H groups in total. The smallest absolute Gasteiger partial charge is 0.332 e. The molecule has 2 amide bonds. The molecule has 5 atom stereocenters. The van der Waals surface area contributed by atoms with Crippen molar-refractivity contribution >= 4 is 39.5 Å². The molecule has 1 aromatic heterocycles. The van der Waals surface area contributed by atoms with Gasteiger partial charge in [-0.3, -0.25) is 9.59 Å². The second-order valence-corrected chi connectivity index (χ2v) is 11.8. The summed E-state index contributed by atoms with van der Waals surface area (Å²) in [6.07, 6.45) is 8.12. The Bertz CT molecular complexity index is 1590. The Morgan fingerprint density at radius 3 is 2.77 bits per heavy atom. The number of carbonyl (C=O) groups excluding carboxylic acids is 3. The molecule has 2 aliphatic heterocycles. The number of hydrogen-bond donors (Lipinski definition) is 2. The molecule has 2 fully saturated rings. The minimum absolute atomic E-state index is 0.123. The third-order valence-electron chi connectivity index (χ3n) is 8.83. The normalized spacial score (nSPS) is 28.0. The molecule has 10 heteroatoms. The summed E-state index contributed by atoms with van der Waals surface area (Å²) in [4.78, 5) is 46.7. The van der Waals surface area contributed by atoms with Gasteiger partial charge in [-0.1, -0.05) is 43.2 Å². The highest BCUT2D eigenvalue weighted by atomic mass is 19.1. The predicted molar refractivity (Wildman–Crippen MR) is 160 cm³/mol. The van der Waals surface area contributed by atoms with Crippen molar-refractivity contribution in [1.29, 1.82) is 0 Å². The number of halogens is 1. The number of rotatable bonds is 4. The number of fused-ring (bicyclic) bond motifs is 5. The van der Waals surface area contributed by atoms with Gasteiger partial charge in [-0.25, -0.2) is 14.2 Å². The SMILES string of the molecule is CCOC(=O)[C@@]12C[C@H]1C=CCCCCC[C@H](N)C(=O)N1C[C@H](Oc3nc4cc(F)ccc4c4ccccc34)C[C@H]1C(=O)N2. The average molecular weight is 589 g/mol. The molecule has 1 saturated carbocycles. The second kappa shape index (κ2) is 11.9. The predicted octanol–water partition coefficient (Wildman–Crippen LogP) is 4.16. The van der Waals surface area contributed by atoms with E-state index in [-0.39, 0.29) is 31.4 Å². The summed E-state index contributed by atoms with van der Waals surface area (Å²) in [5, 5.41) is 5.35. The van der Waals surface area contributed by atoms with E-state index in [1.807, 2.05) is 30.3 Å². The van der Waals surface area contributed by atoms with Crippen LogP contribution in [0, 0.1) is 11.7 Å². The van der Waals surface area contributed by atoms with Gasteiger partial charge in [-0.15, -0.1) is 0 Å². The van der Waals surface area contributed by atoms with Crippen LogP contribution in [-0.2, 0) is 19.1 Å². The summed E-state index contributed by atoms with van der Waals surface area (Å²) in [5.41, 5.74) is 5.65. The zero-order valence-electron chi connectivity index (χ0n) is 24.3. The van der Waals surface area contributed by atoms with Crippen LogP contribution in [0.1, 0.15) is 51.9 Å². The number of allylic oxidation sites excluding steroid dienone is 1. The molecule has 3 aromatic rings. The van der Waals surface area contributed by atoms with Gasteiger partial charge in [-0.2, -0.15) is 0 Å². The topological polar surface area (TPSA) is 124 Å². The number of amides is 2. The first-order valence-electron chi connectivity index (χ1n) is 15.2. The van der Waals surface area contributed by atoms with Crippen LogP contribution in [0.2, 0.25) is 0 Å². The fraction of sp³-hybridized carbons (Fsp3) is 0.455. The maximum atomic E-state index is 14.1. The lowest BCUT2D eigenvalue weighted by atomic mass is 10.1. The molecule has 1 aliphatic carbocycles. The molecule has 6 rings (SSSR count). The summed E-state index contributed by atoms with van der Waals surface area (Å²) in [7, 11) is 0. The van der Waals surface area contributed by atoms with Crippen LogP contribution in [0.15, 0.2) is 54.6 Å². The first kappa shape index (κ1) is 29.0. The van der Waals surface area contributed by atoms with Crippen LogP contribution in [0.4, 0.5) is 4.39 Å². The van der Waals surface area contributed by atoms with Crippen LogP contribution in [0.5, 0.6) is 5.88 Å². The van der Waals surface area contributed by atoms with Gasteiger partial charge in [0.15, 0.2) is 0 Å². The van der Waals surface area contributed by atoms with Crippen molar-refractivity contribution in [3.63, 3.8) is 0 Å². The first-order chi connectivity index (χ1) is 20.8. The molecule has 0 bridgehead atoms. The number of esters is 1. The van der Waals surface area contributed by atoms with Crippen molar-refractivity contribution in [3.8, 4) is 5.88 Å². The summed E-state index contributed by atoms with van der Waals surface area (Å²) in [6, 6.07) is 10.4. The lowest BCUT2D eigenvalue weighted by Crippen LogP contribution is -2.55. The molecule has 2 aromatic carbocycles. The first-order valence-corrected chi connectivity index (χ1v) is 15.2. The number of benzene rings is 2. The number of nitrogens with one attached hydrogen (secondary N) is 1. The maximum Gasteiger partial charge on any atom is 0.332 e. The minimum Gasteiger partial charge on any atom is -0.472 e. The largest absolute Gasteiger partial charge is 0.472 e. The Labute approximate surface area is 249 Å². The highest BCUT2D eigenvalue weighted by Gasteiger charge is 2.62. The van der Waals surface area contributed by atoms with E-state index in [1.54, 1.807) is 13.0 Å². The Hall–Kier alpha value is -4.05. The van der Waals surface area contributed by atoms with E-state index in [0.29, 0.717) is 24.2 Å². The molecule has 3 aliphatic rings. The quantitative estimate of drug-likeness (QED) is 0.267. The molecule has 0 radical (unpaired) electrons. The monoisotopic (exact) mass is 588 g/mol. The van der Waals surface area contributed by atoms with Crippen LogP contribution in [0.25, 0.3) is 21.7 Å². The maximum absolute atomic E-state index is 14.1. The van der Waals surface area contributed by atoms with E-state index in [9.17, 15) is 18.8 Å². The highest BCUT2D eigenvalue weighted by Crippen LogP contribution is 2.46. The molecule has 0 unspecified atom stereocenters. The van der Waals surface area contributed by atoms with Gasteiger partial charge in [0.05, 0.1) is 24.7 Å². The van der Waals surface area contributed by atoms with Crippen molar-refractivity contribution in [2.45, 2.75) is 75.6 Å². The number of ether oxygens (including phenoxy) is 2. The van der Waals surface area contributed by atoms with Gasteiger partial charge in [-0.05, 0) is 56.2 Å². The van der Waals surface area contributed by atoms with Crippen molar-refractivity contribution in [2.75, 3.05) is 13.2 Å². The van der Waals surface area contributed by atoms with Gasteiger partial charge in [0, 0.05) is 29.2 Å². The second-order valence-electron chi connectivity index (χ2n) is 11.8. The Morgan fingerprint density at radius 2 is 1.95 bits per heavy atom. The molecule has 3 heterocycles. The summed E-state index contributed by atoms with van der Waals surface area (Å²) in [6.45, 7) is 2.05. The Morgan fingerprint density at radius 1 is 1.14 bits per heavy atom.